The van der Waals surface area contributed by atoms with E-state index in [0.29, 0.717) is 41.1 Å². The first-order valence-corrected chi connectivity index (χ1v) is 13.6. The number of aromatic amines is 1. The second-order valence-corrected chi connectivity index (χ2v) is 12.2. The Morgan fingerprint density at radius 3 is 2.52 bits per heavy atom. The summed E-state index contributed by atoms with van der Waals surface area (Å²) in [7, 11) is -5.92. The summed E-state index contributed by atoms with van der Waals surface area (Å²) in [4.78, 5) is 15.3. The summed E-state index contributed by atoms with van der Waals surface area (Å²) in [5.74, 6) is 0.309. The lowest BCUT2D eigenvalue weighted by molar-refractivity contribution is 0.100. The number of nitrogens with one attached hydrogen (secondary N) is 2. The Morgan fingerprint density at radius 2 is 1.87 bits per heavy atom. The third-order valence-corrected chi connectivity index (χ3v) is 8.00. The largest absolute Gasteiger partial charge is 0.366 e. The van der Waals surface area contributed by atoms with Gasteiger partial charge in [-0.25, -0.2) is 8.42 Å². The fraction of sp³-hybridized carbons (Fsp3) is 0.286. The number of H-pyrrole nitrogens is 1. The van der Waals surface area contributed by atoms with Crippen LogP contribution in [0.4, 0.5) is 5.69 Å². The van der Waals surface area contributed by atoms with Gasteiger partial charge in [-0.2, -0.15) is 10.6 Å². The van der Waals surface area contributed by atoms with E-state index in [1.165, 1.54) is 0 Å². The first-order valence-electron chi connectivity index (χ1n) is 9.79. The van der Waals surface area contributed by atoms with Crippen LogP contribution < -0.4 is 10.5 Å². The topological polar surface area (TPSA) is 146 Å². The predicted octanol–water partition coefficient (Wildman–Crippen LogP) is 3.93. The van der Waals surface area contributed by atoms with Gasteiger partial charge in [-0.05, 0) is 59.7 Å². The van der Waals surface area contributed by atoms with Crippen molar-refractivity contribution in [3.8, 4) is 11.1 Å². The van der Waals surface area contributed by atoms with E-state index >= 15 is 0 Å². The molecule has 2 heterocycles. The minimum Gasteiger partial charge on any atom is -0.366 e. The molecule has 0 atom stereocenters. The molecule has 0 bridgehead atoms. The standard InChI is InChI=1S/C21H25N3O5S2/c1-30(26,27)24-16-4-2-3-14(9-16)15-10-17-19(13-5-7-31(28,29)8-6-13)12-23-20(17)18(11-15)21(22)25/h2-4,9-13,23-24,28-29H,5-8H2,1H3,(H2,22,25). The van der Waals surface area contributed by atoms with Gasteiger partial charge in [-0.3, -0.25) is 18.6 Å². The molecule has 10 heteroatoms. The van der Waals surface area contributed by atoms with Crippen LogP contribution in [-0.2, 0) is 10.0 Å². The first kappa shape index (κ1) is 21.7. The number of aromatic nitrogens is 1. The van der Waals surface area contributed by atoms with Crippen molar-refractivity contribution in [1.82, 2.24) is 4.98 Å². The highest BCUT2D eigenvalue weighted by Gasteiger charge is 2.27. The van der Waals surface area contributed by atoms with Gasteiger partial charge in [-0.1, -0.05) is 12.1 Å². The molecule has 0 radical (unpaired) electrons. The van der Waals surface area contributed by atoms with Gasteiger partial charge in [0.25, 0.3) is 5.91 Å². The lowest BCUT2D eigenvalue weighted by Gasteiger charge is -2.39. The summed E-state index contributed by atoms with van der Waals surface area (Å²) in [6, 6.07) is 10.6. The number of amides is 1. The maximum absolute atomic E-state index is 12.2. The van der Waals surface area contributed by atoms with Crippen molar-refractivity contribution < 1.29 is 22.3 Å². The molecule has 1 saturated heterocycles. The Kier molecular flexibility index (Phi) is 5.50. The highest BCUT2D eigenvalue weighted by molar-refractivity contribution is 8.24. The second kappa shape index (κ2) is 7.86. The van der Waals surface area contributed by atoms with Crippen molar-refractivity contribution in [3.63, 3.8) is 0 Å². The van der Waals surface area contributed by atoms with Gasteiger partial charge in [0.2, 0.25) is 10.0 Å². The molecule has 31 heavy (non-hydrogen) atoms. The molecular weight excluding hydrogens is 438 g/mol. The van der Waals surface area contributed by atoms with Gasteiger partial charge in [0.15, 0.2) is 0 Å². The van der Waals surface area contributed by atoms with Gasteiger partial charge in [0, 0.05) is 28.8 Å². The Hall–Kier alpha value is -2.53. The van der Waals surface area contributed by atoms with Gasteiger partial charge >= 0.3 is 0 Å². The van der Waals surface area contributed by atoms with E-state index in [-0.39, 0.29) is 5.92 Å². The number of carbonyl (C=O) groups excluding carboxylic acids is 1. The number of fused-ring (bicyclic) bond motifs is 1. The molecule has 8 nitrogen and oxygen atoms in total. The Labute approximate surface area is 182 Å². The van der Waals surface area contributed by atoms with Crippen LogP contribution in [0.15, 0.2) is 42.6 Å². The molecule has 0 spiro atoms. The summed E-state index contributed by atoms with van der Waals surface area (Å²) in [6.45, 7) is 0. The van der Waals surface area contributed by atoms with Crippen molar-refractivity contribution in [2.24, 2.45) is 5.73 Å². The zero-order valence-corrected chi connectivity index (χ0v) is 18.6. The maximum atomic E-state index is 12.2. The van der Waals surface area contributed by atoms with Crippen LogP contribution in [0.5, 0.6) is 0 Å². The lowest BCUT2D eigenvalue weighted by atomic mass is 9.91. The molecule has 1 fully saturated rings. The van der Waals surface area contributed by atoms with Crippen molar-refractivity contribution in [2.75, 3.05) is 22.5 Å². The molecule has 6 N–H and O–H groups in total. The minimum atomic E-state index is -3.42. The van der Waals surface area contributed by atoms with E-state index in [2.05, 4.69) is 9.71 Å². The third-order valence-electron chi connectivity index (χ3n) is 5.61. The zero-order valence-electron chi connectivity index (χ0n) is 17.0. The van der Waals surface area contributed by atoms with Crippen molar-refractivity contribution in [3.05, 3.63) is 53.7 Å². The number of rotatable bonds is 5. The highest BCUT2D eigenvalue weighted by Crippen LogP contribution is 2.49. The summed E-state index contributed by atoms with van der Waals surface area (Å²) in [6.07, 6.45) is 4.25. The number of hydrogen-bond acceptors (Lipinski definition) is 5. The molecule has 3 aromatic rings. The quantitative estimate of drug-likeness (QED) is 0.389. The molecule has 1 aliphatic rings. The van der Waals surface area contributed by atoms with E-state index in [0.717, 1.165) is 28.3 Å². The molecule has 2 aromatic carbocycles. The number of carbonyl (C=O) groups is 1. The van der Waals surface area contributed by atoms with Crippen LogP contribution in [0.2, 0.25) is 0 Å². The van der Waals surface area contributed by atoms with Crippen molar-refractivity contribution in [2.45, 2.75) is 18.8 Å². The first-order chi connectivity index (χ1) is 14.5. The molecular formula is C21H25N3O5S2. The summed E-state index contributed by atoms with van der Waals surface area (Å²) >= 11 is 0. The van der Waals surface area contributed by atoms with Gasteiger partial charge in [-0.15, -0.1) is 0 Å². The summed E-state index contributed by atoms with van der Waals surface area (Å²) in [5.41, 5.74) is 9.56. The zero-order chi connectivity index (χ0) is 22.4. The monoisotopic (exact) mass is 463 g/mol. The third kappa shape index (κ3) is 4.72. The Bertz CT molecular complexity index is 1260. The summed E-state index contributed by atoms with van der Waals surface area (Å²) in [5, 5.41) is 0.858. The Balaban J connectivity index is 1.80. The van der Waals surface area contributed by atoms with Gasteiger partial charge in [0.1, 0.15) is 0 Å². The maximum Gasteiger partial charge on any atom is 0.250 e. The highest BCUT2D eigenvalue weighted by atomic mass is 32.3. The number of primary amides is 1. The smallest absolute Gasteiger partial charge is 0.250 e. The van der Waals surface area contributed by atoms with E-state index in [9.17, 15) is 22.3 Å². The number of hydrogen-bond donors (Lipinski definition) is 5. The molecule has 1 aromatic heterocycles. The van der Waals surface area contributed by atoms with Crippen LogP contribution in [-0.4, -0.2) is 46.2 Å². The van der Waals surface area contributed by atoms with Crippen molar-refractivity contribution >= 4 is 43.1 Å². The number of anilines is 1. The Morgan fingerprint density at radius 1 is 1.16 bits per heavy atom. The number of nitrogens with two attached hydrogens (primary N) is 1. The number of benzene rings is 2. The van der Waals surface area contributed by atoms with Gasteiger partial charge in [0.05, 0.1) is 17.3 Å². The minimum absolute atomic E-state index is 0.142. The fourth-order valence-corrected chi connectivity index (χ4v) is 6.23. The molecule has 0 saturated carbocycles. The number of sulfonamides is 1. The molecule has 1 amide bonds. The SMILES string of the molecule is CS(=O)(=O)Nc1cccc(-c2cc(C(N)=O)c3[nH]cc(C4CCS(O)(O)CC4)c3c2)c1. The average molecular weight is 464 g/mol. The van der Waals surface area contributed by atoms with E-state index in [4.69, 9.17) is 5.73 Å². The second-order valence-electron chi connectivity index (χ2n) is 7.99. The van der Waals surface area contributed by atoms with Crippen LogP contribution in [0.1, 0.15) is 34.7 Å². The van der Waals surface area contributed by atoms with Crippen LogP contribution in [0, 0.1) is 0 Å². The average Bonchev–Trinajstić information content (AvgIpc) is 3.10. The van der Waals surface area contributed by atoms with Crippen molar-refractivity contribution in [1.29, 1.82) is 0 Å². The molecule has 0 aliphatic carbocycles. The van der Waals surface area contributed by atoms with E-state index in [1.807, 2.05) is 18.3 Å². The van der Waals surface area contributed by atoms with E-state index < -0.39 is 26.5 Å². The van der Waals surface area contributed by atoms with Gasteiger partial charge < -0.3 is 10.7 Å². The molecule has 0 unspecified atom stereocenters. The molecule has 1 aliphatic heterocycles. The molecule has 166 valence electrons. The normalized spacial score (nSPS) is 18.0. The molecule has 4 rings (SSSR count). The predicted molar refractivity (Wildman–Crippen MR) is 125 cm³/mol. The van der Waals surface area contributed by atoms with Crippen LogP contribution in [0.25, 0.3) is 22.0 Å². The lowest BCUT2D eigenvalue weighted by Crippen LogP contribution is -2.19. The van der Waals surface area contributed by atoms with Crippen LogP contribution >= 0.6 is 10.6 Å². The van der Waals surface area contributed by atoms with Crippen LogP contribution in [0.3, 0.4) is 0 Å². The van der Waals surface area contributed by atoms with E-state index in [1.54, 1.807) is 24.3 Å². The summed E-state index contributed by atoms with van der Waals surface area (Å²) < 4.78 is 45.5. The fourth-order valence-electron chi connectivity index (χ4n) is 4.15.